The number of amides is 1. The van der Waals surface area contributed by atoms with Crippen molar-refractivity contribution in [2.24, 2.45) is 16.5 Å². The number of hydrogen-bond donors (Lipinski definition) is 5. The van der Waals surface area contributed by atoms with Gasteiger partial charge in [-0.05, 0) is 45.0 Å². The summed E-state index contributed by atoms with van der Waals surface area (Å²) >= 11 is 0. The van der Waals surface area contributed by atoms with Crippen molar-refractivity contribution in [1.82, 2.24) is 15.3 Å². The first-order valence-corrected chi connectivity index (χ1v) is 12.4. The van der Waals surface area contributed by atoms with Gasteiger partial charge in [-0.15, -0.1) is 10.5 Å². The smallest absolute Gasteiger partial charge is 0.337 e. The fourth-order valence-corrected chi connectivity index (χ4v) is 7.34. The van der Waals surface area contributed by atoms with E-state index in [4.69, 9.17) is 16.6 Å². The average Bonchev–Trinajstić information content (AvgIpc) is 2.81. The van der Waals surface area contributed by atoms with Crippen LogP contribution in [0, 0.1) is 5.82 Å². The lowest BCUT2D eigenvalue weighted by Crippen LogP contribution is -2.71. The number of carboxylic acid groups (broad SMARTS) is 1. The van der Waals surface area contributed by atoms with Gasteiger partial charge in [0.1, 0.15) is 39.3 Å². The fourth-order valence-electron chi connectivity index (χ4n) is 4.45. The summed E-state index contributed by atoms with van der Waals surface area (Å²) < 4.78 is 44.0. The van der Waals surface area contributed by atoms with Crippen LogP contribution in [0.3, 0.4) is 0 Å². The number of aromatic carboxylic acids is 1. The molecule has 2 aliphatic heterocycles. The molecule has 4 rings (SSSR count). The molecule has 2 aliphatic rings. The van der Waals surface area contributed by atoms with E-state index >= 15 is 4.39 Å². The second kappa shape index (κ2) is 8.89. The summed E-state index contributed by atoms with van der Waals surface area (Å²) in [5.41, 5.74) is 11.1. The van der Waals surface area contributed by atoms with Crippen molar-refractivity contribution in [3.8, 4) is 0 Å². The Morgan fingerprint density at radius 1 is 1.22 bits per heavy atom. The van der Waals surface area contributed by atoms with Crippen LogP contribution in [0.25, 0.3) is 0 Å². The summed E-state index contributed by atoms with van der Waals surface area (Å²) in [5, 5.41) is 14.4. The summed E-state index contributed by atoms with van der Waals surface area (Å²) in [5.74, 6) is -5.99. The summed E-state index contributed by atoms with van der Waals surface area (Å²) in [4.78, 5) is 34.8. The number of hydrogen-bond acceptors (Lipinski definition) is 8. The van der Waals surface area contributed by atoms with Crippen molar-refractivity contribution in [2.45, 2.75) is 48.3 Å². The molecule has 0 radical (unpaired) electrons. The van der Waals surface area contributed by atoms with Gasteiger partial charge in [-0.1, -0.05) is 0 Å². The lowest BCUT2D eigenvalue weighted by Gasteiger charge is -2.60. The van der Waals surface area contributed by atoms with Gasteiger partial charge < -0.3 is 21.9 Å². The Hall–Kier alpha value is -3.36. The van der Waals surface area contributed by atoms with Crippen LogP contribution in [0.15, 0.2) is 35.5 Å². The van der Waals surface area contributed by atoms with Gasteiger partial charge >= 0.3 is 5.97 Å². The number of nitrogens with two attached hydrogens (primary N) is 2. The lowest BCUT2D eigenvalue weighted by atomic mass is 9.82. The van der Waals surface area contributed by atoms with Gasteiger partial charge in [0.05, 0.1) is 16.9 Å². The third kappa shape index (κ3) is 4.28. The second-order valence-electron chi connectivity index (χ2n) is 9.46. The number of aromatic nitrogens is 2. The molecule has 4 heterocycles. The van der Waals surface area contributed by atoms with E-state index in [0.29, 0.717) is 0 Å². The van der Waals surface area contributed by atoms with Crippen molar-refractivity contribution >= 4 is 39.5 Å². The van der Waals surface area contributed by atoms with E-state index in [1.807, 2.05) is 0 Å². The summed E-state index contributed by atoms with van der Waals surface area (Å²) in [6, 6.07) is 4.66. The number of halogens is 3. The predicted molar refractivity (Wildman–Crippen MR) is 135 cm³/mol. The molecule has 10 nitrogen and oxygen atoms in total. The molecule has 37 heavy (non-hydrogen) atoms. The molecule has 0 aliphatic carbocycles. The maximum atomic E-state index is 15.3. The van der Waals surface area contributed by atoms with E-state index in [-0.39, 0.29) is 28.6 Å². The zero-order chi connectivity index (χ0) is 27.4. The predicted octanol–water partition coefficient (Wildman–Crippen LogP) is 2.24. The highest BCUT2D eigenvalue weighted by Gasteiger charge is 2.66. The SMILES string of the molecule is CC1(C)C(N)=N[C@](C)(c2nc(NC(=O)c3ccc(C(=O)O)cn3)ccc2F)[C@]2(CC(F)(F)CN)NC=S12. The van der Waals surface area contributed by atoms with Crippen LogP contribution in [0.4, 0.5) is 19.0 Å². The van der Waals surface area contributed by atoms with E-state index in [1.165, 1.54) is 25.1 Å². The summed E-state index contributed by atoms with van der Waals surface area (Å²) in [7, 11) is -0.912. The van der Waals surface area contributed by atoms with Gasteiger partial charge in [-0.25, -0.2) is 22.9 Å². The second-order valence-corrected chi connectivity index (χ2v) is 12.1. The third-order valence-corrected chi connectivity index (χ3v) is 9.75. The number of anilines is 1. The molecule has 14 heteroatoms. The molecule has 0 saturated carbocycles. The van der Waals surface area contributed by atoms with Gasteiger partial charge in [-0.2, -0.15) is 0 Å². The highest BCUT2D eigenvalue weighted by Crippen LogP contribution is 2.62. The minimum Gasteiger partial charge on any atom is -0.478 e. The van der Waals surface area contributed by atoms with Gasteiger partial charge in [0, 0.05) is 18.1 Å². The molecule has 0 spiro atoms. The Labute approximate surface area is 212 Å². The molecule has 0 saturated heterocycles. The fraction of sp³-hybridized carbons (Fsp3) is 0.391. The van der Waals surface area contributed by atoms with Crippen LogP contribution in [-0.4, -0.2) is 60.4 Å². The number of fused-ring (bicyclic) bond motifs is 1. The van der Waals surface area contributed by atoms with Crippen LogP contribution >= 0.6 is 10.5 Å². The van der Waals surface area contributed by atoms with Crippen molar-refractivity contribution < 1.29 is 27.9 Å². The molecular weight excluding hydrogens is 511 g/mol. The van der Waals surface area contributed by atoms with Gasteiger partial charge in [0.2, 0.25) is 0 Å². The monoisotopic (exact) mass is 537 g/mol. The molecule has 2 aromatic rings. The molecule has 2 aromatic heterocycles. The highest BCUT2D eigenvalue weighted by atomic mass is 32.2. The first kappa shape index (κ1) is 26.7. The normalized spacial score (nSPS) is 26.2. The minimum absolute atomic E-state index is 0.0886. The lowest BCUT2D eigenvalue weighted by molar-refractivity contribution is -0.0207. The van der Waals surface area contributed by atoms with Crippen LogP contribution in [0.5, 0.6) is 0 Å². The number of nitrogens with one attached hydrogen (secondary N) is 2. The Bertz CT molecular complexity index is 1350. The molecule has 1 unspecified atom stereocenters. The van der Waals surface area contributed by atoms with E-state index in [0.717, 1.165) is 12.3 Å². The Morgan fingerprint density at radius 2 is 1.92 bits per heavy atom. The summed E-state index contributed by atoms with van der Waals surface area (Å²) in [6.45, 7) is 4.13. The van der Waals surface area contributed by atoms with Crippen molar-refractivity contribution in [3.05, 3.63) is 53.2 Å². The first-order valence-electron chi connectivity index (χ1n) is 11.1. The molecule has 0 fully saturated rings. The number of amidine groups is 1. The molecule has 1 amide bonds. The number of carboxylic acids is 1. The van der Waals surface area contributed by atoms with Crippen LogP contribution in [0.2, 0.25) is 0 Å². The van der Waals surface area contributed by atoms with E-state index in [1.54, 1.807) is 19.3 Å². The average molecular weight is 538 g/mol. The molecule has 7 N–H and O–H groups in total. The molecule has 0 bridgehead atoms. The molecule has 3 atom stereocenters. The minimum atomic E-state index is -3.29. The van der Waals surface area contributed by atoms with Crippen LogP contribution in [0.1, 0.15) is 53.7 Å². The van der Waals surface area contributed by atoms with E-state index in [2.05, 4.69) is 25.6 Å². The largest absolute Gasteiger partial charge is 0.478 e. The standard InChI is InChI=1S/C23H26F3N7O3S/c1-20(2)19(28)33-21(3,23(30-11-37(20)23)9-22(25,26)10-27)16-13(24)5-7-15(31-16)32-17(34)14-6-4-12(8-29-14)18(35)36/h4-8,11,30H,9-10,27H2,1-3H3,(H2,28,33)(H,35,36)(H,31,32,34)/t21-,23-,37?/m1/s1. The van der Waals surface area contributed by atoms with Crippen LogP contribution < -0.4 is 22.1 Å². The van der Waals surface area contributed by atoms with Gasteiger partial charge in [-0.3, -0.25) is 20.1 Å². The summed E-state index contributed by atoms with van der Waals surface area (Å²) in [6.07, 6.45) is 0.272. The number of carbonyl (C=O) groups is 2. The molecule has 0 aromatic carbocycles. The number of alkyl halides is 2. The first-order chi connectivity index (χ1) is 17.2. The maximum absolute atomic E-state index is 15.3. The topological polar surface area (TPSA) is 169 Å². The quantitative estimate of drug-likeness (QED) is 0.335. The van der Waals surface area contributed by atoms with Gasteiger partial charge in [0.25, 0.3) is 11.8 Å². The van der Waals surface area contributed by atoms with Crippen LogP contribution in [-0.2, 0) is 5.54 Å². The Balaban J connectivity index is 1.77. The number of nitrogens with zero attached hydrogens (tertiary/aromatic N) is 3. The third-order valence-electron chi connectivity index (χ3n) is 6.68. The number of pyridine rings is 2. The van der Waals surface area contributed by atoms with Crippen molar-refractivity contribution in [2.75, 3.05) is 11.9 Å². The highest BCUT2D eigenvalue weighted by molar-refractivity contribution is 8.19. The molecular formula is C23H26F3N7O3S. The zero-order valence-electron chi connectivity index (χ0n) is 20.2. The Morgan fingerprint density at radius 3 is 2.46 bits per heavy atom. The van der Waals surface area contributed by atoms with Crippen molar-refractivity contribution in [1.29, 1.82) is 0 Å². The van der Waals surface area contributed by atoms with Gasteiger partial charge in [0.15, 0.2) is 0 Å². The van der Waals surface area contributed by atoms with Crippen molar-refractivity contribution in [3.63, 3.8) is 0 Å². The van der Waals surface area contributed by atoms with E-state index < -0.39 is 62.2 Å². The molecule has 198 valence electrons. The number of rotatable bonds is 7. The maximum Gasteiger partial charge on any atom is 0.337 e. The number of carbonyl (C=O) groups excluding carboxylic acids is 1. The Kier molecular flexibility index (Phi) is 6.41. The zero-order valence-corrected chi connectivity index (χ0v) is 21.0. The number of aliphatic imine (C=N–C) groups is 1. The van der Waals surface area contributed by atoms with E-state index in [9.17, 15) is 18.4 Å².